The maximum Gasteiger partial charge on any atom is 0.191 e. The fraction of sp³-hybridized carbons (Fsp3) is 0.429. The van der Waals surface area contributed by atoms with Crippen molar-refractivity contribution in [2.75, 3.05) is 37.6 Å². The van der Waals surface area contributed by atoms with Crippen LogP contribution in [0.3, 0.4) is 0 Å². The van der Waals surface area contributed by atoms with Crippen molar-refractivity contribution in [3.05, 3.63) is 59.9 Å². The van der Waals surface area contributed by atoms with Gasteiger partial charge in [-0.1, -0.05) is 18.2 Å². The summed E-state index contributed by atoms with van der Waals surface area (Å²) in [4.78, 5) is 11.2. The number of benzene rings is 1. The molecular formula is C21H31N5. The number of guanidine groups is 1. The van der Waals surface area contributed by atoms with Gasteiger partial charge in [-0.2, -0.15) is 0 Å². The van der Waals surface area contributed by atoms with Crippen LogP contribution in [0.5, 0.6) is 0 Å². The Labute approximate surface area is 157 Å². The highest BCUT2D eigenvalue weighted by Gasteiger charge is 2.05. The summed E-state index contributed by atoms with van der Waals surface area (Å²) in [6, 6.07) is 12.7. The molecule has 1 aromatic heterocycles. The molecule has 140 valence electrons. The van der Waals surface area contributed by atoms with Crippen LogP contribution in [0.25, 0.3) is 0 Å². The Bertz CT molecular complexity index is 669. The number of aliphatic imine (C=N–C) groups is 1. The fourth-order valence-corrected chi connectivity index (χ4v) is 2.79. The molecule has 0 bridgehead atoms. The van der Waals surface area contributed by atoms with Crippen LogP contribution in [-0.2, 0) is 6.42 Å². The number of hydrogen-bond donors (Lipinski definition) is 2. The van der Waals surface area contributed by atoms with Crippen molar-refractivity contribution in [3.8, 4) is 0 Å². The Kier molecular flexibility index (Phi) is 8.46. The summed E-state index contributed by atoms with van der Waals surface area (Å²) in [5.74, 6) is 0.872. The molecule has 0 amide bonds. The van der Waals surface area contributed by atoms with E-state index in [0.29, 0.717) is 0 Å². The van der Waals surface area contributed by atoms with Crippen molar-refractivity contribution in [1.29, 1.82) is 0 Å². The number of nitrogens with one attached hydrogen (secondary N) is 2. The molecule has 26 heavy (non-hydrogen) atoms. The molecule has 0 fully saturated rings. The Morgan fingerprint density at radius 3 is 2.73 bits per heavy atom. The first-order valence-electron chi connectivity index (χ1n) is 9.45. The van der Waals surface area contributed by atoms with E-state index in [1.165, 1.54) is 16.8 Å². The van der Waals surface area contributed by atoms with Crippen LogP contribution in [0.15, 0.2) is 53.8 Å². The number of aryl methyl sites for hydroxylation is 1. The molecule has 5 heteroatoms. The molecule has 5 nitrogen and oxygen atoms in total. The second kappa shape index (κ2) is 11.1. The average Bonchev–Trinajstić information content (AvgIpc) is 2.66. The van der Waals surface area contributed by atoms with Crippen LogP contribution in [0.4, 0.5) is 5.69 Å². The Balaban J connectivity index is 1.83. The van der Waals surface area contributed by atoms with Crippen LogP contribution >= 0.6 is 0 Å². The lowest BCUT2D eigenvalue weighted by Gasteiger charge is -2.24. The second-order valence-electron chi connectivity index (χ2n) is 6.22. The van der Waals surface area contributed by atoms with E-state index < -0.39 is 0 Å². The Morgan fingerprint density at radius 2 is 2.04 bits per heavy atom. The second-order valence-corrected chi connectivity index (χ2v) is 6.22. The third-order valence-corrected chi connectivity index (χ3v) is 4.16. The molecule has 1 aromatic carbocycles. The van der Waals surface area contributed by atoms with Crippen molar-refractivity contribution in [3.63, 3.8) is 0 Å². The first-order valence-corrected chi connectivity index (χ1v) is 9.45. The molecule has 2 N–H and O–H groups in total. The number of anilines is 1. The zero-order valence-corrected chi connectivity index (χ0v) is 16.2. The van der Waals surface area contributed by atoms with Gasteiger partial charge >= 0.3 is 0 Å². The van der Waals surface area contributed by atoms with Crippen molar-refractivity contribution in [2.24, 2.45) is 4.99 Å². The molecule has 1 heterocycles. The third kappa shape index (κ3) is 6.75. The van der Waals surface area contributed by atoms with Crippen molar-refractivity contribution in [1.82, 2.24) is 15.6 Å². The first-order chi connectivity index (χ1) is 12.7. The minimum atomic E-state index is 0.746. The smallest absolute Gasteiger partial charge is 0.191 e. The van der Waals surface area contributed by atoms with Crippen LogP contribution in [0.2, 0.25) is 0 Å². The topological polar surface area (TPSA) is 52.6 Å². The van der Waals surface area contributed by atoms with Gasteiger partial charge in [0, 0.05) is 50.8 Å². The highest BCUT2D eigenvalue weighted by atomic mass is 15.2. The molecule has 0 radical (unpaired) electrons. The zero-order valence-electron chi connectivity index (χ0n) is 16.2. The summed E-state index contributed by atoms with van der Waals surface area (Å²) in [5, 5.41) is 6.75. The van der Waals surface area contributed by atoms with Gasteiger partial charge in [0.05, 0.1) is 0 Å². The fourth-order valence-electron chi connectivity index (χ4n) is 2.79. The summed E-state index contributed by atoms with van der Waals surface area (Å²) in [6.45, 7) is 10.8. The van der Waals surface area contributed by atoms with Crippen molar-refractivity contribution >= 4 is 11.6 Å². The molecule has 0 saturated carbocycles. The molecule has 2 rings (SSSR count). The lowest BCUT2D eigenvalue weighted by atomic mass is 10.2. The van der Waals surface area contributed by atoms with Crippen LogP contribution in [0.1, 0.15) is 25.0 Å². The average molecular weight is 354 g/mol. The highest BCUT2D eigenvalue weighted by Crippen LogP contribution is 2.14. The Hall–Kier alpha value is -2.56. The summed E-state index contributed by atoms with van der Waals surface area (Å²) >= 11 is 0. The SMILES string of the molecule is CCNC(=NCCc1cccnc1)NCCN(CC)c1cccc(C)c1. The molecule has 0 aliphatic carbocycles. The van der Waals surface area contributed by atoms with Gasteiger partial charge in [-0.15, -0.1) is 0 Å². The summed E-state index contributed by atoms with van der Waals surface area (Å²) in [6.07, 6.45) is 4.59. The third-order valence-electron chi connectivity index (χ3n) is 4.16. The largest absolute Gasteiger partial charge is 0.370 e. The van der Waals surface area contributed by atoms with E-state index in [0.717, 1.165) is 45.1 Å². The van der Waals surface area contributed by atoms with Gasteiger partial charge in [-0.25, -0.2) is 0 Å². The van der Waals surface area contributed by atoms with E-state index in [2.05, 4.69) is 76.6 Å². The highest BCUT2D eigenvalue weighted by molar-refractivity contribution is 5.79. The maximum absolute atomic E-state index is 4.67. The van der Waals surface area contributed by atoms with Gasteiger partial charge in [0.1, 0.15) is 0 Å². The van der Waals surface area contributed by atoms with Gasteiger partial charge in [-0.05, 0) is 56.5 Å². The number of rotatable bonds is 9. The van der Waals surface area contributed by atoms with E-state index in [-0.39, 0.29) is 0 Å². The molecule has 0 aliphatic rings. The standard InChI is InChI=1S/C21H31N5/c1-4-23-21(24-13-11-19-9-7-12-22-17-19)25-14-15-26(5-2)20-10-6-8-18(3)16-20/h6-10,12,16-17H,4-5,11,13-15H2,1-3H3,(H2,23,24,25). The predicted octanol–water partition coefficient (Wildman–Crippen LogP) is 3.01. The zero-order chi connectivity index (χ0) is 18.6. The van der Waals surface area contributed by atoms with Gasteiger partial charge in [-0.3, -0.25) is 9.98 Å². The van der Waals surface area contributed by atoms with E-state index in [9.17, 15) is 0 Å². The van der Waals surface area contributed by atoms with Crippen molar-refractivity contribution in [2.45, 2.75) is 27.2 Å². The van der Waals surface area contributed by atoms with Gasteiger partial charge in [0.15, 0.2) is 5.96 Å². The molecule has 0 saturated heterocycles. The van der Waals surface area contributed by atoms with E-state index in [1.54, 1.807) is 6.20 Å². The normalized spacial score (nSPS) is 11.3. The lowest BCUT2D eigenvalue weighted by Crippen LogP contribution is -2.41. The van der Waals surface area contributed by atoms with Crippen LogP contribution in [-0.4, -0.2) is 43.7 Å². The number of likely N-dealkylation sites (N-methyl/N-ethyl adjacent to an activating group) is 1. The first kappa shape index (κ1) is 19.8. The minimum Gasteiger partial charge on any atom is -0.370 e. The molecule has 0 spiro atoms. The van der Waals surface area contributed by atoms with E-state index in [1.807, 2.05) is 12.3 Å². The lowest BCUT2D eigenvalue weighted by molar-refractivity contribution is 0.750. The number of hydrogen-bond acceptors (Lipinski definition) is 3. The monoisotopic (exact) mass is 353 g/mol. The van der Waals surface area contributed by atoms with Gasteiger partial charge in [0.2, 0.25) is 0 Å². The molecule has 0 unspecified atom stereocenters. The quantitative estimate of drug-likeness (QED) is 0.537. The van der Waals surface area contributed by atoms with E-state index >= 15 is 0 Å². The Morgan fingerprint density at radius 1 is 1.15 bits per heavy atom. The predicted molar refractivity (Wildman–Crippen MR) is 111 cm³/mol. The van der Waals surface area contributed by atoms with Crippen molar-refractivity contribution < 1.29 is 0 Å². The van der Waals surface area contributed by atoms with Gasteiger partial charge in [0.25, 0.3) is 0 Å². The van der Waals surface area contributed by atoms with Gasteiger partial charge < -0.3 is 15.5 Å². The van der Waals surface area contributed by atoms with Crippen LogP contribution < -0.4 is 15.5 Å². The molecule has 0 atom stereocenters. The summed E-state index contributed by atoms with van der Waals surface area (Å²) in [7, 11) is 0. The minimum absolute atomic E-state index is 0.746. The number of aromatic nitrogens is 1. The van der Waals surface area contributed by atoms with Crippen LogP contribution in [0, 0.1) is 6.92 Å². The molecule has 2 aromatic rings. The molecular weight excluding hydrogens is 322 g/mol. The maximum atomic E-state index is 4.67. The summed E-state index contributed by atoms with van der Waals surface area (Å²) in [5.41, 5.74) is 3.77. The number of nitrogens with zero attached hydrogens (tertiary/aromatic N) is 3. The molecule has 0 aliphatic heterocycles. The number of pyridine rings is 1. The van der Waals surface area contributed by atoms with E-state index in [4.69, 9.17) is 0 Å². The summed E-state index contributed by atoms with van der Waals surface area (Å²) < 4.78 is 0.